The molecule has 0 aliphatic heterocycles. The predicted octanol–water partition coefficient (Wildman–Crippen LogP) is 3.73. The molecule has 7 heteroatoms. The smallest absolute Gasteiger partial charge is 0.347 e. The van der Waals surface area contributed by atoms with Crippen LogP contribution in [-0.4, -0.2) is 25.3 Å². The number of esters is 2. The fraction of sp³-hybridized carbons (Fsp3) is 0.125. The molecule has 0 radical (unpaired) electrons. The van der Waals surface area contributed by atoms with Crippen LogP contribution in [0.2, 0.25) is 10.0 Å². The maximum atomic E-state index is 11.6. The summed E-state index contributed by atoms with van der Waals surface area (Å²) in [5.74, 6) is -0.980. The summed E-state index contributed by atoms with van der Waals surface area (Å²) in [6, 6.07) is 13.0. The van der Waals surface area contributed by atoms with E-state index < -0.39 is 18.7 Å². The molecule has 0 unspecified atom stereocenters. The highest BCUT2D eigenvalue weighted by molar-refractivity contribution is 6.35. The molecule has 120 valence electrons. The maximum absolute atomic E-state index is 11.6. The van der Waals surface area contributed by atoms with E-state index in [-0.39, 0.29) is 11.6 Å². The highest BCUT2D eigenvalue weighted by atomic mass is 35.5. The van der Waals surface area contributed by atoms with Crippen LogP contribution in [0.15, 0.2) is 48.5 Å². The van der Waals surface area contributed by atoms with Gasteiger partial charge >= 0.3 is 11.9 Å². The molecule has 0 bridgehead atoms. The Kier molecular flexibility index (Phi) is 6.26. The molecule has 0 amide bonds. The maximum Gasteiger partial charge on any atom is 0.347 e. The number of rotatable bonds is 6. The van der Waals surface area contributed by atoms with Crippen LogP contribution >= 0.6 is 23.2 Å². The van der Waals surface area contributed by atoms with Gasteiger partial charge in [-0.2, -0.15) is 0 Å². The molecule has 2 aromatic rings. The van der Waals surface area contributed by atoms with Gasteiger partial charge in [0.2, 0.25) is 6.79 Å². The van der Waals surface area contributed by atoms with Crippen molar-refractivity contribution in [2.75, 3.05) is 13.4 Å². The molecule has 0 atom stereocenters. The van der Waals surface area contributed by atoms with Crippen LogP contribution in [0, 0.1) is 0 Å². The van der Waals surface area contributed by atoms with Gasteiger partial charge in [-0.15, -0.1) is 0 Å². The first-order valence-corrected chi connectivity index (χ1v) is 7.27. The summed E-state index contributed by atoms with van der Waals surface area (Å²) in [6.07, 6.45) is 0. The van der Waals surface area contributed by atoms with Crippen molar-refractivity contribution in [2.24, 2.45) is 0 Å². The fourth-order valence-electron chi connectivity index (χ4n) is 1.58. The monoisotopic (exact) mass is 354 g/mol. The van der Waals surface area contributed by atoms with Gasteiger partial charge in [-0.1, -0.05) is 41.4 Å². The molecule has 0 saturated carbocycles. The summed E-state index contributed by atoms with van der Waals surface area (Å²) in [5, 5.41) is 0.735. The van der Waals surface area contributed by atoms with Gasteiger partial charge in [0.05, 0.1) is 10.6 Å². The molecule has 0 aliphatic carbocycles. The lowest BCUT2D eigenvalue weighted by molar-refractivity contribution is -0.154. The molecule has 0 aromatic heterocycles. The summed E-state index contributed by atoms with van der Waals surface area (Å²) in [7, 11) is 0. The van der Waals surface area contributed by atoms with Crippen LogP contribution in [-0.2, 0) is 14.3 Å². The minimum atomic E-state index is -0.697. The third-order valence-electron chi connectivity index (χ3n) is 2.66. The molecule has 0 saturated heterocycles. The van der Waals surface area contributed by atoms with E-state index in [0.29, 0.717) is 16.3 Å². The molecule has 2 aromatic carbocycles. The van der Waals surface area contributed by atoms with Gasteiger partial charge in [0.1, 0.15) is 5.75 Å². The number of ether oxygens (including phenoxy) is 3. The number of hydrogen-bond donors (Lipinski definition) is 0. The summed E-state index contributed by atoms with van der Waals surface area (Å²) in [6.45, 7) is -0.867. The lowest BCUT2D eigenvalue weighted by Gasteiger charge is -2.09. The molecule has 2 rings (SSSR count). The SMILES string of the molecule is O=C(COc1ccc(Cl)cc1Cl)OCOC(=O)c1ccccc1. The van der Waals surface area contributed by atoms with E-state index in [2.05, 4.69) is 0 Å². The number of halogens is 2. The largest absolute Gasteiger partial charge is 0.480 e. The van der Waals surface area contributed by atoms with Gasteiger partial charge in [-0.25, -0.2) is 9.59 Å². The van der Waals surface area contributed by atoms with Crippen LogP contribution < -0.4 is 4.74 Å². The number of carbonyl (C=O) groups is 2. The van der Waals surface area contributed by atoms with Gasteiger partial charge in [0.25, 0.3) is 0 Å². The first-order valence-electron chi connectivity index (χ1n) is 6.52. The van der Waals surface area contributed by atoms with E-state index in [1.54, 1.807) is 36.4 Å². The normalized spacial score (nSPS) is 10.0. The van der Waals surface area contributed by atoms with Crippen LogP contribution in [0.5, 0.6) is 5.75 Å². The number of carbonyl (C=O) groups excluding carboxylic acids is 2. The Morgan fingerprint density at radius 3 is 2.39 bits per heavy atom. The van der Waals surface area contributed by atoms with Gasteiger partial charge < -0.3 is 14.2 Å². The molecule has 0 N–H and O–H groups in total. The summed E-state index contributed by atoms with van der Waals surface area (Å²) in [5.41, 5.74) is 0.368. The lowest BCUT2D eigenvalue weighted by Crippen LogP contribution is -2.18. The summed E-state index contributed by atoms with van der Waals surface area (Å²) in [4.78, 5) is 23.1. The second kappa shape index (κ2) is 8.41. The first kappa shape index (κ1) is 17.1. The molecule has 5 nitrogen and oxygen atoms in total. The lowest BCUT2D eigenvalue weighted by atomic mass is 10.2. The van der Waals surface area contributed by atoms with Crippen molar-refractivity contribution in [3.8, 4) is 5.75 Å². The summed E-state index contributed by atoms with van der Waals surface area (Å²) >= 11 is 11.6. The van der Waals surface area contributed by atoms with Crippen molar-refractivity contribution in [1.29, 1.82) is 0 Å². The van der Waals surface area contributed by atoms with Gasteiger partial charge in [-0.05, 0) is 30.3 Å². The summed E-state index contributed by atoms with van der Waals surface area (Å²) < 4.78 is 14.7. The minimum Gasteiger partial charge on any atom is -0.480 e. The van der Waals surface area contributed by atoms with Crippen LogP contribution in [0.1, 0.15) is 10.4 Å². The zero-order valence-electron chi connectivity index (χ0n) is 11.8. The zero-order chi connectivity index (χ0) is 16.7. The molecular weight excluding hydrogens is 343 g/mol. The Morgan fingerprint density at radius 1 is 0.957 bits per heavy atom. The Morgan fingerprint density at radius 2 is 1.70 bits per heavy atom. The molecular formula is C16H12Cl2O5. The third kappa shape index (κ3) is 5.47. The Hall–Kier alpha value is -2.24. The predicted molar refractivity (Wildman–Crippen MR) is 84.8 cm³/mol. The second-order valence-electron chi connectivity index (χ2n) is 4.30. The van der Waals surface area contributed by atoms with Crippen LogP contribution in [0.25, 0.3) is 0 Å². The average Bonchev–Trinajstić information content (AvgIpc) is 2.54. The van der Waals surface area contributed by atoms with E-state index >= 15 is 0 Å². The Bertz CT molecular complexity index is 688. The molecule has 23 heavy (non-hydrogen) atoms. The molecule has 0 aliphatic rings. The third-order valence-corrected chi connectivity index (χ3v) is 3.19. The van der Waals surface area contributed by atoms with Crippen molar-refractivity contribution >= 4 is 35.1 Å². The zero-order valence-corrected chi connectivity index (χ0v) is 13.3. The van der Waals surface area contributed by atoms with Crippen molar-refractivity contribution in [3.63, 3.8) is 0 Å². The highest BCUT2D eigenvalue weighted by Crippen LogP contribution is 2.27. The number of benzene rings is 2. The Labute approximate surface area is 142 Å². The highest BCUT2D eigenvalue weighted by Gasteiger charge is 2.10. The van der Waals surface area contributed by atoms with Gasteiger partial charge in [0, 0.05) is 5.02 Å². The van der Waals surface area contributed by atoms with Gasteiger partial charge in [-0.3, -0.25) is 0 Å². The van der Waals surface area contributed by atoms with E-state index in [4.69, 9.17) is 37.4 Å². The average molecular weight is 355 g/mol. The van der Waals surface area contributed by atoms with Crippen LogP contribution in [0.4, 0.5) is 0 Å². The van der Waals surface area contributed by atoms with E-state index in [1.165, 1.54) is 12.1 Å². The van der Waals surface area contributed by atoms with Crippen molar-refractivity contribution < 1.29 is 23.8 Å². The molecule has 0 heterocycles. The Balaban J connectivity index is 1.72. The fourth-order valence-corrected chi connectivity index (χ4v) is 2.04. The standard InChI is InChI=1S/C16H12Cl2O5/c17-12-6-7-14(13(18)8-12)21-9-15(19)22-10-23-16(20)11-4-2-1-3-5-11/h1-8H,9-10H2. The molecule has 0 fully saturated rings. The molecule has 0 spiro atoms. The van der Waals surface area contributed by atoms with Crippen LogP contribution in [0.3, 0.4) is 0 Å². The van der Waals surface area contributed by atoms with Crippen molar-refractivity contribution in [1.82, 2.24) is 0 Å². The van der Waals surface area contributed by atoms with Crippen molar-refractivity contribution in [3.05, 3.63) is 64.1 Å². The van der Waals surface area contributed by atoms with E-state index in [0.717, 1.165) is 0 Å². The van der Waals surface area contributed by atoms with E-state index in [1.807, 2.05) is 0 Å². The second-order valence-corrected chi connectivity index (χ2v) is 5.14. The van der Waals surface area contributed by atoms with E-state index in [9.17, 15) is 9.59 Å². The topological polar surface area (TPSA) is 61.8 Å². The quantitative estimate of drug-likeness (QED) is 0.584. The van der Waals surface area contributed by atoms with Gasteiger partial charge in [0.15, 0.2) is 6.61 Å². The number of hydrogen-bond acceptors (Lipinski definition) is 5. The minimum absolute atomic E-state index is 0.279. The first-order chi connectivity index (χ1) is 11.1. The van der Waals surface area contributed by atoms with Crippen molar-refractivity contribution in [2.45, 2.75) is 0 Å².